The summed E-state index contributed by atoms with van der Waals surface area (Å²) in [6.45, 7) is 3.60. The second-order valence-electron chi connectivity index (χ2n) is 3.10. The van der Waals surface area contributed by atoms with E-state index >= 15 is 0 Å². The topological polar surface area (TPSA) is 20.2 Å². The molecule has 1 heteroatoms. The average molecular weight is 186 g/mol. The van der Waals surface area contributed by atoms with Crippen LogP contribution >= 0.6 is 0 Å². The van der Waals surface area contributed by atoms with Crippen LogP contribution in [0.4, 0.5) is 0 Å². The van der Waals surface area contributed by atoms with Crippen molar-refractivity contribution in [1.82, 2.24) is 0 Å². The van der Waals surface area contributed by atoms with Crippen LogP contribution in [0.25, 0.3) is 6.08 Å². The number of rotatable bonds is 2. The monoisotopic (exact) mass is 186 g/mol. The Labute approximate surface area is 85.1 Å². The molecule has 1 nitrogen and oxygen atoms in total. The lowest BCUT2D eigenvalue weighted by Crippen LogP contribution is -2.03. The number of hydrogen-bond donors (Lipinski definition) is 1. The zero-order valence-electron chi connectivity index (χ0n) is 8.49. The number of benzene rings is 1. The van der Waals surface area contributed by atoms with Crippen LogP contribution in [0.15, 0.2) is 35.9 Å². The van der Waals surface area contributed by atoms with Gasteiger partial charge in [-0.05, 0) is 25.0 Å². The van der Waals surface area contributed by atoms with E-state index in [0.29, 0.717) is 0 Å². The highest BCUT2D eigenvalue weighted by Crippen LogP contribution is 2.08. The molecule has 0 saturated heterocycles. The van der Waals surface area contributed by atoms with E-state index < -0.39 is 6.10 Å². The van der Waals surface area contributed by atoms with E-state index in [1.54, 1.807) is 6.92 Å². The Balaban J connectivity index is 2.82. The van der Waals surface area contributed by atoms with Gasteiger partial charge in [0.1, 0.15) is 6.10 Å². The molecule has 0 fully saturated rings. The molecule has 0 aliphatic rings. The van der Waals surface area contributed by atoms with Crippen molar-refractivity contribution in [3.05, 3.63) is 41.5 Å². The molecular weight excluding hydrogens is 172 g/mol. The quantitative estimate of drug-likeness (QED) is 0.703. The van der Waals surface area contributed by atoms with Crippen molar-refractivity contribution in [2.45, 2.75) is 20.0 Å². The highest BCUT2D eigenvalue weighted by molar-refractivity contribution is 5.54. The Morgan fingerprint density at radius 2 is 2.00 bits per heavy atom. The Bertz CT molecular complexity index is 365. The second kappa shape index (κ2) is 5.26. The van der Waals surface area contributed by atoms with E-state index in [-0.39, 0.29) is 0 Å². The molecule has 0 bridgehead atoms. The molecule has 14 heavy (non-hydrogen) atoms. The lowest BCUT2D eigenvalue weighted by atomic mass is 10.1. The zero-order valence-corrected chi connectivity index (χ0v) is 8.49. The summed E-state index contributed by atoms with van der Waals surface area (Å²) >= 11 is 0. The summed E-state index contributed by atoms with van der Waals surface area (Å²) in [5, 5.41) is 9.54. The molecule has 1 unspecified atom stereocenters. The standard InChI is InChI=1S/C13H14O/c1-3-7-13(14)11(2)10-12-8-5-4-6-9-12/h4-6,8-10,13-14H,1-2H3. The average Bonchev–Trinajstić information content (AvgIpc) is 2.19. The van der Waals surface area contributed by atoms with Gasteiger partial charge in [0.25, 0.3) is 0 Å². The lowest BCUT2D eigenvalue weighted by Gasteiger charge is -2.03. The van der Waals surface area contributed by atoms with Gasteiger partial charge >= 0.3 is 0 Å². The summed E-state index contributed by atoms with van der Waals surface area (Å²) in [6, 6.07) is 9.90. The highest BCUT2D eigenvalue weighted by atomic mass is 16.3. The van der Waals surface area contributed by atoms with Crippen LogP contribution in [-0.4, -0.2) is 11.2 Å². The fourth-order valence-electron chi connectivity index (χ4n) is 1.14. The fraction of sp³-hybridized carbons (Fsp3) is 0.231. The van der Waals surface area contributed by atoms with Gasteiger partial charge in [-0.25, -0.2) is 0 Å². The van der Waals surface area contributed by atoms with Crippen molar-refractivity contribution in [3.63, 3.8) is 0 Å². The van der Waals surface area contributed by atoms with E-state index in [0.717, 1.165) is 11.1 Å². The van der Waals surface area contributed by atoms with Gasteiger partial charge in [-0.3, -0.25) is 0 Å². The van der Waals surface area contributed by atoms with Crippen LogP contribution in [-0.2, 0) is 0 Å². The summed E-state index contributed by atoms with van der Waals surface area (Å²) in [5.41, 5.74) is 1.95. The van der Waals surface area contributed by atoms with E-state index in [4.69, 9.17) is 0 Å². The third-order valence-corrected chi connectivity index (χ3v) is 1.91. The molecular formula is C13H14O. The second-order valence-corrected chi connectivity index (χ2v) is 3.10. The minimum Gasteiger partial charge on any atom is -0.376 e. The summed E-state index contributed by atoms with van der Waals surface area (Å²) in [5.74, 6) is 5.40. The summed E-state index contributed by atoms with van der Waals surface area (Å²) < 4.78 is 0. The highest BCUT2D eigenvalue weighted by Gasteiger charge is 2.00. The van der Waals surface area contributed by atoms with Crippen molar-refractivity contribution in [3.8, 4) is 11.8 Å². The predicted octanol–water partition coefficient (Wildman–Crippen LogP) is 2.47. The van der Waals surface area contributed by atoms with Crippen LogP contribution in [0.2, 0.25) is 0 Å². The van der Waals surface area contributed by atoms with Crippen molar-refractivity contribution in [1.29, 1.82) is 0 Å². The Morgan fingerprint density at radius 1 is 1.36 bits per heavy atom. The number of aliphatic hydroxyl groups is 1. The SMILES string of the molecule is CC#CC(O)C(C)=Cc1ccccc1. The number of aliphatic hydroxyl groups excluding tert-OH is 1. The molecule has 0 saturated carbocycles. The molecule has 0 spiro atoms. The molecule has 1 aromatic rings. The molecule has 0 aliphatic heterocycles. The van der Waals surface area contributed by atoms with E-state index in [2.05, 4.69) is 11.8 Å². The maximum Gasteiger partial charge on any atom is 0.136 e. The minimum absolute atomic E-state index is 0.653. The van der Waals surface area contributed by atoms with Gasteiger partial charge in [0.15, 0.2) is 0 Å². The molecule has 72 valence electrons. The van der Waals surface area contributed by atoms with Gasteiger partial charge in [0.05, 0.1) is 0 Å². The maximum absolute atomic E-state index is 9.54. The first-order valence-electron chi connectivity index (χ1n) is 4.57. The Morgan fingerprint density at radius 3 is 2.57 bits per heavy atom. The summed E-state index contributed by atoms with van der Waals surface area (Å²) in [7, 11) is 0. The van der Waals surface area contributed by atoms with Gasteiger partial charge in [0.2, 0.25) is 0 Å². The largest absolute Gasteiger partial charge is 0.376 e. The van der Waals surface area contributed by atoms with Crippen molar-refractivity contribution in [2.75, 3.05) is 0 Å². The number of hydrogen-bond acceptors (Lipinski definition) is 1. The van der Waals surface area contributed by atoms with E-state index in [9.17, 15) is 5.11 Å². The van der Waals surface area contributed by atoms with Gasteiger partial charge in [-0.2, -0.15) is 0 Å². The van der Waals surface area contributed by atoms with Crippen molar-refractivity contribution in [2.24, 2.45) is 0 Å². The third kappa shape index (κ3) is 3.08. The molecule has 0 heterocycles. The Kier molecular flexibility index (Phi) is 3.97. The first kappa shape index (κ1) is 10.6. The molecule has 1 N–H and O–H groups in total. The fourth-order valence-corrected chi connectivity index (χ4v) is 1.14. The maximum atomic E-state index is 9.54. The predicted molar refractivity (Wildman–Crippen MR) is 59.5 cm³/mol. The normalized spacial score (nSPS) is 12.9. The van der Waals surface area contributed by atoms with Gasteiger partial charge in [0, 0.05) is 0 Å². The van der Waals surface area contributed by atoms with Crippen molar-refractivity contribution < 1.29 is 5.11 Å². The zero-order chi connectivity index (χ0) is 10.4. The minimum atomic E-state index is -0.653. The van der Waals surface area contributed by atoms with Crippen LogP contribution in [0.1, 0.15) is 19.4 Å². The van der Waals surface area contributed by atoms with Gasteiger partial charge in [-0.1, -0.05) is 42.3 Å². The molecule has 0 amide bonds. The molecule has 0 radical (unpaired) electrons. The summed E-state index contributed by atoms with van der Waals surface area (Å²) in [6.07, 6.45) is 1.29. The van der Waals surface area contributed by atoms with Crippen LogP contribution < -0.4 is 0 Å². The summed E-state index contributed by atoms with van der Waals surface area (Å²) in [4.78, 5) is 0. The molecule has 1 rings (SSSR count). The Hall–Kier alpha value is -1.52. The van der Waals surface area contributed by atoms with E-state index in [1.807, 2.05) is 43.3 Å². The molecule has 1 atom stereocenters. The third-order valence-electron chi connectivity index (χ3n) is 1.91. The first-order chi connectivity index (χ1) is 6.74. The molecule has 1 aromatic carbocycles. The smallest absolute Gasteiger partial charge is 0.136 e. The lowest BCUT2D eigenvalue weighted by molar-refractivity contribution is 0.269. The van der Waals surface area contributed by atoms with Gasteiger partial charge < -0.3 is 5.11 Å². The van der Waals surface area contributed by atoms with E-state index in [1.165, 1.54) is 0 Å². The first-order valence-corrected chi connectivity index (χ1v) is 4.57. The van der Waals surface area contributed by atoms with Gasteiger partial charge in [-0.15, -0.1) is 5.92 Å². The van der Waals surface area contributed by atoms with Crippen LogP contribution in [0.3, 0.4) is 0 Å². The molecule has 0 aliphatic carbocycles. The van der Waals surface area contributed by atoms with Crippen LogP contribution in [0.5, 0.6) is 0 Å². The van der Waals surface area contributed by atoms with Crippen LogP contribution in [0, 0.1) is 11.8 Å². The van der Waals surface area contributed by atoms with Crippen molar-refractivity contribution >= 4 is 6.08 Å². The molecule has 0 aromatic heterocycles.